The van der Waals surface area contributed by atoms with E-state index in [9.17, 15) is 4.79 Å². The molecule has 0 saturated carbocycles. The lowest BCUT2D eigenvalue weighted by Crippen LogP contribution is -2.54. The summed E-state index contributed by atoms with van der Waals surface area (Å²) in [4.78, 5) is 16.8. The average molecular weight is 281 g/mol. The van der Waals surface area contributed by atoms with E-state index in [1.807, 2.05) is 4.90 Å². The number of morpholine rings is 1. The zero-order valence-electron chi connectivity index (χ0n) is 12.4. The molecule has 0 aromatic heterocycles. The van der Waals surface area contributed by atoms with Gasteiger partial charge in [0.1, 0.15) is 0 Å². The number of rotatable bonds is 3. The van der Waals surface area contributed by atoms with Crippen molar-refractivity contribution in [2.24, 2.45) is 0 Å². The minimum Gasteiger partial charge on any atom is -0.378 e. The van der Waals surface area contributed by atoms with E-state index in [0.717, 1.165) is 26.2 Å². The number of nitrogens with one attached hydrogen (secondary N) is 1. The number of nitrogens with zero attached hydrogens (tertiary/aromatic N) is 2. The Kier molecular flexibility index (Phi) is 4.91. The molecule has 0 radical (unpaired) electrons. The van der Waals surface area contributed by atoms with Crippen molar-refractivity contribution in [3.63, 3.8) is 0 Å². The molecule has 0 aromatic rings. The van der Waals surface area contributed by atoms with Crippen molar-refractivity contribution in [2.75, 3.05) is 45.9 Å². The molecule has 3 rings (SSSR count). The lowest BCUT2D eigenvalue weighted by molar-refractivity contribution is -0.137. The summed E-state index contributed by atoms with van der Waals surface area (Å²) in [6.45, 7) is 5.74. The van der Waals surface area contributed by atoms with Crippen molar-refractivity contribution in [3.05, 3.63) is 0 Å². The minimum atomic E-state index is 0.290. The smallest absolute Gasteiger partial charge is 0.236 e. The Balaban J connectivity index is 1.56. The summed E-state index contributed by atoms with van der Waals surface area (Å²) in [5.41, 5.74) is 0. The third kappa shape index (κ3) is 3.32. The fourth-order valence-electron chi connectivity index (χ4n) is 3.80. The van der Waals surface area contributed by atoms with Crippen LogP contribution in [0.4, 0.5) is 0 Å². The molecular weight excluding hydrogens is 254 g/mol. The molecule has 2 atom stereocenters. The zero-order chi connectivity index (χ0) is 13.8. The molecule has 3 fully saturated rings. The zero-order valence-corrected chi connectivity index (χ0v) is 12.4. The van der Waals surface area contributed by atoms with Crippen LogP contribution in [-0.4, -0.2) is 73.7 Å². The van der Waals surface area contributed by atoms with Gasteiger partial charge in [0.05, 0.1) is 19.8 Å². The summed E-state index contributed by atoms with van der Waals surface area (Å²) in [5, 5.41) is 3.62. The van der Waals surface area contributed by atoms with Gasteiger partial charge in [0.15, 0.2) is 0 Å². The van der Waals surface area contributed by atoms with E-state index < -0.39 is 0 Å². The topological polar surface area (TPSA) is 44.8 Å². The van der Waals surface area contributed by atoms with Gasteiger partial charge >= 0.3 is 0 Å². The maximum atomic E-state index is 12.4. The van der Waals surface area contributed by atoms with Crippen LogP contribution in [0.3, 0.4) is 0 Å². The largest absolute Gasteiger partial charge is 0.378 e. The van der Waals surface area contributed by atoms with Crippen LogP contribution in [0.5, 0.6) is 0 Å². The molecule has 20 heavy (non-hydrogen) atoms. The number of hydrogen-bond acceptors (Lipinski definition) is 4. The second kappa shape index (κ2) is 6.87. The molecule has 2 unspecified atom stereocenters. The Morgan fingerprint density at radius 2 is 1.95 bits per heavy atom. The average Bonchev–Trinajstić information content (AvgIpc) is 3.03. The second-order valence-corrected chi connectivity index (χ2v) is 6.23. The molecule has 114 valence electrons. The van der Waals surface area contributed by atoms with E-state index in [1.165, 1.54) is 32.1 Å². The number of hydrogen-bond donors (Lipinski definition) is 1. The van der Waals surface area contributed by atoms with Gasteiger partial charge in [-0.05, 0) is 38.8 Å². The first-order chi connectivity index (χ1) is 9.84. The molecule has 3 aliphatic rings. The molecule has 5 heteroatoms. The molecule has 1 N–H and O–H groups in total. The van der Waals surface area contributed by atoms with Crippen LogP contribution in [0.1, 0.15) is 32.1 Å². The van der Waals surface area contributed by atoms with E-state index in [2.05, 4.69) is 10.2 Å². The fourth-order valence-corrected chi connectivity index (χ4v) is 3.80. The van der Waals surface area contributed by atoms with E-state index in [4.69, 9.17) is 4.74 Å². The lowest BCUT2D eigenvalue weighted by Gasteiger charge is -2.40. The molecule has 5 nitrogen and oxygen atoms in total. The Bertz CT molecular complexity index is 325. The Morgan fingerprint density at radius 3 is 2.70 bits per heavy atom. The summed E-state index contributed by atoms with van der Waals surface area (Å²) in [5.74, 6) is 0.290. The Morgan fingerprint density at radius 1 is 1.10 bits per heavy atom. The van der Waals surface area contributed by atoms with E-state index in [0.29, 0.717) is 31.8 Å². The van der Waals surface area contributed by atoms with Gasteiger partial charge in [0.25, 0.3) is 0 Å². The normalized spacial score (nSPS) is 32.5. The van der Waals surface area contributed by atoms with Crippen molar-refractivity contribution in [1.82, 2.24) is 15.1 Å². The number of piperidine rings is 1. The van der Waals surface area contributed by atoms with E-state index >= 15 is 0 Å². The maximum Gasteiger partial charge on any atom is 0.236 e. The number of amides is 1. The van der Waals surface area contributed by atoms with E-state index in [-0.39, 0.29) is 5.91 Å². The highest BCUT2D eigenvalue weighted by atomic mass is 16.5. The highest BCUT2D eigenvalue weighted by Gasteiger charge is 2.33. The van der Waals surface area contributed by atoms with Gasteiger partial charge in [0, 0.05) is 25.2 Å². The summed E-state index contributed by atoms with van der Waals surface area (Å²) in [7, 11) is 0. The predicted molar refractivity (Wildman–Crippen MR) is 77.6 cm³/mol. The van der Waals surface area contributed by atoms with Crippen LogP contribution in [0.15, 0.2) is 0 Å². The highest BCUT2D eigenvalue weighted by Crippen LogP contribution is 2.24. The highest BCUT2D eigenvalue weighted by molar-refractivity contribution is 5.78. The molecule has 3 saturated heterocycles. The van der Waals surface area contributed by atoms with Crippen molar-refractivity contribution in [1.29, 1.82) is 0 Å². The molecule has 3 heterocycles. The molecule has 0 aromatic carbocycles. The quantitative estimate of drug-likeness (QED) is 0.816. The molecular formula is C15H27N3O2. The number of carbonyl (C=O) groups is 1. The van der Waals surface area contributed by atoms with Crippen LogP contribution >= 0.6 is 0 Å². The number of carbonyl (C=O) groups excluding carboxylic acids is 1. The molecule has 0 bridgehead atoms. The van der Waals surface area contributed by atoms with Gasteiger partial charge < -0.3 is 15.0 Å². The van der Waals surface area contributed by atoms with Crippen LogP contribution in [0, 0.1) is 0 Å². The number of ether oxygens (including phenoxy) is 1. The monoisotopic (exact) mass is 281 g/mol. The predicted octanol–water partition coefficient (Wildman–Crippen LogP) is 0.452. The van der Waals surface area contributed by atoms with Gasteiger partial charge in [-0.3, -0.25) is 9.69 Å². The summed E-state index contributed by atoms with van der Waals surface area (Å²) in [6, 6.07) is 1.17. The van der Waals surface area contributed by atoms with Crippen molar-refractivity contribution in [2.45, 2.75) is 44.2 Å². The van der Waals surface area contributed by atoms with Gasteiger partial charge in [-0.25, -0.2) is 0 Å². The minimum absolute atomic E-state index is 0.290. The summed E-state index contributed by atoms with van der Waals surface area (Å²) >= 11 is 0. The Labute approximate surface area is 121 Å². The van der Waals surface area contributed by atoms with Crippen LogP contribution in [0.25, 0.3) is 0 Å². The van der Waals surface area contributed by atoms with Gasteiger partial charge in [-0.1, -0.05) is 6.42 Å². The molecule has 0 spiro atoms. The van der Waals surface area contributed by atoms with Crippen molar-refractivity contribution >= 4 is 5.91 Å². The van der Waals surface area contributed by atoms with Crippen molar-refractivity contribution in [3.8, 4) is 0 Å². The van der Waals surface area contributed by atoms with Gasteiger partial charge in [0.2, 0.25) is 5.91 Å². The van der Waals surface area contributed by atoms with Crippen LogP contribution < -0.4 is 5.32 Å². The second-order valence-electron chi connectivity index (χ2n) is 6.23. The number of likely N-dealkylation sites (tertiary alicyclic amines) is 1. The van der Waals surface area contributed by atoms with Gasteiger partial charge in [-0.15, -0.1) is 0 Å². The maximum absolute atomic E-state index is 12.4. The van der Waals surface area contributed by atoms with Crippen molar-refractivity contribution < 1.29 is 9.53 Å². The molecule has 3 aliphatic heterocycles. The standard InChI is InChI=1S/C15H27N3O2/c19-15(17-8-10-20-11-9-17)12-18-7-2-1-5-14(18)13-4-3-6-16-13/h13-14,16H,1-12H2. The summed E-state index contributed by atoms with van der Waals surface area (Å²) < 4.78 is 5.32. The first-order valence-corrected chi connectivity index (χ1v) is 8.17. The van der Waals surface area contributed by atoms with Gasteiger partial charge in [-0.2, -0.15) is 0 Å². The van der Waals surface area contributed by atoms with E-state index in [1.54, 1.807) is 0 Å². The van der Waals surface area contributed by atoms with Crippen LogP contribution in [0.2, 0.25) is 0 Å². The Hall–Kier alpha value is -0.650. The third-order valence-electron chi connectivity index (χ3n) is 4.93. The third-order valence-corrected chi connectivity index (χ3v) is 4.93. The molecule has 1 amide bonds. The molecule has 0 aliphatic carbocycles. The SMILES string of the molecule is O=C(CN1CCCCC1C1CCCN1)N1CCOCC1. The lowest BCUT2D eigenvalue weighted by atomic mass is 9.94. The first-order valence-electron chi connectivity index (χ1n) is 8.17. The fraction of sp³-hybridized carbons (Fsp3) is 0.933. The summed E-state index contributed by atoms with van der Waals surface area (Å²) in [6.07, 6.45) is 6.35. The first kappa shape index (κ1) is 14.3. The van der Waals surface area contributed by atoms with Crippen LogP contribution in [-0.2, 0) is 9.53 Å².